The number of aromatic hydroxyl groups is 1. The van der Waals surface area contributed by atoms with Gasteiger partial charge in [-0.05, 0) is 41.1 Å². The molecule has 0 atom stereocenters. The maximum Gasteiger partial charge on any atom is 0.339 e. The van der Waals surface area contributed by atoms with Crippen LogP contribution in [0.4, 0.5) is 0 Å². The first-order valence-corrected chi connectivity index (χ1v) is 6.14. The molecule has 0 saturated heterocycles. The van der Waals surface area contributed by atoms with Crippen molar-refractivity contribution in [3.8, 4) is 16.2 Å². The second-order valence-electron chi connectivity index (χ2n) is 3.71. The smallest absolute Gasteiger partial charge is 0.339 e. The molecule has 0 fully saturated rings. The topological polar surface area (TPSA) is 57.5 Å². The molecular weight excluding hydrogens is 236 g/mol. The average Bonchev–Trinajstić information content (AvgIpc) is 2.76. The first kappa shape index (κ1) is 11.7. The van der Waals surface area contributed by atoms with Gasteiger partial charge in [-0.25, -0.2) is 4.79 Å². The molecule has 0 bridgehead atoms. The van der Waals surface area contributed by atoms with Crippen molar-refractivity contribution < 1.29 is 15.0 Å². The molecule has 0 amide bonds. The lowest BCUT2D eigenvalue weighted by molar-refractivity contribution is 0.0694. The Morgan fingerprint density at radius 3 is 2.65 bits per heavy atom. The first-order chi connectivity index (χ1) is 8.11. The molecule has 17 heavy (non-hydrogen) atoms. The lowest BCUT2D eigenvalue weighted by Gasteiger charge is -2.02. The lowest BCUT2D eigenvalue weighted by atomic mass is 10.1. The standard InChI is InChI=1S/C13H12O3S/c1-2-8-5-12(17-7-8)9-3-4-10(13(15)16)11(14)6-9/h3-7,14H,2H2,1H3,(H,15,16). The number of carboxylic acids is 1. The van der Waals surface area contributed by atoms with E-state index in [1.54, 1.807) is 17.4 Å². The zero-order valence-electron chi connectivity index (χ0n) is 9.30. The number of carbonyl (C=O) groups is 1. The fraction of sp³-hybridized carbons (Fsp3) is 0.154. The Morgan fingerprint density at radius 2 is 2.12 bits per heavy atom. The third-order valence-electron chi connectivity index (χ3n) is 2.57. The van der Waals surface area contributed by atoms with Crippen LogP contribution in [0.25, 0.3) is 10.4 Å². The van der Waals surface area contributed by atoms with Crippen LogP contribution in [0.3, 0.4) is 0 Å². The van der Waals surface area contributed by atoms with Crippen molar-refractivity contribution in [1.29, 1.82) is 0 Å². The number of benzene rings is 1. The maximum absolute atomic E-state index is 10.8. The van der Waals surface area contributed by atoms with Gasteiger partial charge in [0.15, 0.2) is 0 Å². The summed E-state index contributed by atoms with van der Waals surface area (Å²) in [6.07, 6.45) is 0.968. The van der Waals surface area contributed by atoms with E-state index in [0.717, 1.165) is 16.9 Å². The van der Waals surface area contributed by atoms with Crippen molar-refractivity contribution in [3.63, 3.8) is 0 Å². The van der Waals surface area contributed by atoms with Crippen LogP contribution in [0.1, 0.15) is 22.8 Å². The number of carboxylic acid groups (broad SMARTS) is 1. The average molecular weight is 248 g/mol. The van der Waals surface area contributed by atoms with Gasteiger partial charge < -0.3 is 10.2 Å². The molecule has 2 aromatic rings. The van der Waals surface area contributed by atoms with Gasteiger partial charge >= 0.3 is 5.97 Å². The highest BCUT2D eigenvalue weighted by Crippen LogP contribution is 2.31. The Bertz CT molecular complexity index is 558. The van der Waals surface area contributed by atoms with E-state index in [1.807, 2.05) is 0 Å². The van der Waals surface area contributed by atoms with Gasteiger partial charge in [-0.15, -0.1) is 11.3 Å². The quantitative estimate of drug-likeness (QED) is 0.875. The Hall–Kier alpha value is -1.81. The van der Waals surface area contributed by atoms with E-state index in [0.29, 0.717) is 0 Å². The van der Waals surface area contributed by atoms with Gasteiger partial charge in [0, 0.05) is 4.88 Å². The molecule has 4 heteroatoms. The summed E-state index contributed by atoms with van der Waals surface area (Å²) in [4.78, 5) is 11.8. The van der Waals surface area contributed by atoms with Crippen LogP contribution in [0, 0.1) is 0 Å². The van der Waals surface area contributed by atoms with Crippen LogP contribution in [-0.4, -0.2) is 16.2 Å². The highest BCUT2D eigenvalue weighted by molar-refractivity contribution is 7.13. The molecule has 88 valence electrons. The molecule has 0 aliphatic carbocycles. The third kappa shape index (κ3) is 2.31. The number of hydrogen-bond donors (Lipinski definition) is 2. The summed E-state index contributed by atoms with van der Waals surface area (Å²) in [5.74, 6) is -1.31. The van der Waals surface area contributed by atoms with Gasteiger partial charge in [0.2, 0.25) is 0 Å². The second-order valence-corrected chi connectivity index (χ2v) is 4.62. The maximum atomic E-state index is 10.8. The molecule has 0 aliphatic rings. The molecule has 2 N–H and O–H groups in total. The number of hydrogen-bond acceptors (Lipinski definition) is 3. The van der Waals surface area contributed by atoms with Crippen LogP contribution in [-0.2, 0) is 6.42 Å². The molecule has 0 unspecified atom stereocenters. The van der Waals surface area contributed by atoms with E-state index in [2.05, 4.69) is 18.4 Å². The molecular formula is C13H12O3S. The predicted octanol–water partition coefficient (Wildman–Crippen LogP) is 3.38. The molecule has 0 spiro atoms. The minimum Gasteiger partial charge on any atom is -0.507 e. The number of aromatic carboxylic acids is 1. The van der Waals surface area contributed by atoms with Crippen molar-refractivity contribution >= 4 is 17.3 Å². The van der Waals surface area contributed by atoms with Gasteiger partial charge in [0.1, 0.15) is 11.3 Å². The minimum atomic E-state index is -1.12. The Morgan fingerprint density at radius 1 is 1.35 bits per heavy atom. The second kappa shape index (κ2) is 4.59. The molecule has 0 radical (unpaired) electrons. The lowest BCUT2D eigenvalue weighted by Crippen LogP contribution is -1.96. The highest BCUT2D eigenvalue weighted by Gasteiger charge is 2.11. The molecule has 0 saturated carbocycles. The van der Waals surface area contributed by atoms with E-state index in [4.69, 9.17) is 5.11 Å². The fourth-order valence-corrected chi connectivity index (χ4v) is 2.57. The van der Waals surface area contributed by atoms with Gasteiger partial charge in [-0.2, -0.15) is 0 Å². The van der Waals surface area contributed by atoms with Crippen molar-refractivity contribution in [1.82, 2.24) is 0 Å². The number of aryl methyl sites for hydroxylation is 1. The Balaban J connectivity index is 2.40. The molecule has 2 rings (SSSR count). The van der Waals surface area contributed by atoms with E-state index >= 15 is 0 Å². The monoisotopic (exact) mass is 248 g/mol. The van der Waals surface area contributed by atoms with E-state index in [-0.39, 0.29) is 11.3 Å². The summed E-state index contributed by atoms with van der Waals surface area (Å²) >= 11 is 1.59. The normalized spacial score (nSPS) is 10.4. The van der Waals surface area contributed by atoms with Crippen molar-refractivity contribution in [3.05, 3.63) is 40.8 Å². The number of thiophene rings is 1. The van der Waals surface area contributed by atoms with E-state index in [9.17, 15) is 9.90 Å². The number of rotatable bonds is 3. The van der Waals surface area contributed by atoms with Crippen molar-refractivity contribution in [2.75, 3.05) is 0 Å². The number of phenols is 1. The highest BCUT2D eigenvalue weighted by atomic mass is 32.1. The van der Waals surface area contributed by atoms with Crippen LogP contribution >= 0.6 is 11.3 Å². The summed E-state index contributed by atoms with van der Waals surface area (Å²) in [7, 11) is 0. The van der Waals surface area contributed by atoms with Crippen molar-refractivity contribution in [2.24, 2.45) is 0 Å². The summed E-state index contributed by atoms with van der Waals surface area (Å²) in [5.41, 5.74) is 2.02. The molecule has 0 aliphatic heterocycles. The molecule has 3 nitrogen and oxygen atoms in total. The van der Waals surface area contributed by atoms with E-state index < -0.39 is 5.97 Å². The molecule has 1 aromatic heterocycles. The zero-order chi connectivity index (χ0) is 12.4. The molecule has 1 aromatic carbocycles. The van der Waals surface area contributed by atoms with Crippen molar-refractivity contribution in [2.45, 2.75) is 13.3 Å². The van der Waals surface area contributed by atoms with Crippen LogP contribution in [0.5, 0.6) is 5.75 Å². The third-order valence-corrected chi connectivity index (χ3v) is 3.60. The first-order valence-electron chi connectivity index (χ1n) is 5.26. The fourth-order valence-electron chi connectivity index (χ4n) is 1.58. The Kier molecular flexibility index (Phi) is 3.15. The van der Waals surface area contributed by atoms with Gasteiger partial charge in [-0.3, -0.25) is 0 Å². The minimum absolute atomic E-state index is 0.0685. The largest absolute Gasteiger partial charge is 0.507 e. The van der Waals surface area contributed by atoms with Crippen LogP contribution in [0.2, 0.25) is 0 Å². The van der Waals surface area contributed by atoms with E-state index in [1.165, 1.54) is 17.7 Å². The summed E-state index contributed by atoms with van der Waals surface area (Å²) in [6, 6.07) is 6.70. The van der Waals surface area contributed by atoms with Crippen LogP contribution in [0.15, 0.2) is 29.6 Å². The van der Waals surface area contributed by atoms with Crippen LogP contribution < -0.4 is 0 Å². The predicted molar refractivity (Wildman–Crippen MR) is 67.8 cm³/mol. The summed E-state index contributed by atoms with van der Waals surface area (Å²) < 4.78 is 0. The SMILES string of the molecule is CCc1csc(-c2ccc(C(=O)O)c(O)c2)c1. The zero-order valence-corrected chi connectivity index (χ0v) is 10.1. The van der Waals surface area contributed by atoms with Gasteiger partial charge in [-0.1, -0.05) is 13.0 Å². The summed E-state index contributed by atoms with van der Waals surface area (Å²) in [6.45, 7) is 2.08. The Labute approximate surface area is 103 Å². The van der Waals surface area contributed by atoms with Gasteiger partial charge in [0.25, 0.3) is 0 Å². The molecule has 1 heterocycles. The van der Waals surface area contributed by atoms with Gasteiger partial charge in [0.05, 0.1) is 0 Å². The summed E-state index contributed by atoms with van der Waals surface area (Å²) in [5, 5.41) is 20.5.